The minimum Gasteiger partial charge on any atom is -0.341 e. The number of fused-ring (bicyclic) bond motifs is 1. The fraction of sp³-hybridized carbons (Fsp3) is 0.364. The van der Waals surface area contributed by atoms with Crippen LogP contribution in [0.25, 0.3) is 10.2 Å². The molecule has 0 unspecified atom stereocenters. The van der Waals surface area contributed by atoms with Crippen LogP contribution in [0.1, 0.15) is 34.5 Å². The molecule has 3 aromatic heterocycles. The number of carbonyl (C=O) groups excluding carboxylic acids is 1. The Morgan fingerprint density at radius 3 is 2.97 bits per heavy atom. The molecule has 0 bridgehead atoms. The van der Waals surface area contributed by atoms with Crippen LogP contribution in [0.4, 0.5) is 0 Å². The Bertz CT molecular complexity index is 1150. The van der Waals surface area contributed by atoms with Crippen molar-refractivity contribution < 1.29 is 4.79 Å². The molecule has 0 N–H and O–H groups in total. The Morgan fingerprint density at radius 1 is 1.23 bits per heavy atom. The Labute approximate surface area is 193 Å². The number of benzene rings is 1. The summed E-state index contributed by atoms with van der Waals surface area (Å²) >= 11 is 4.95. The van der Waals surface area contributed by atoms with Crippen molar-refractivity contribution in [2.24, 2.45) is 7.05 Å². The van der Waals surface area contributed by atoms with Gasteiger partial charge in [-0.3, -0.25) is 4.79 Å². The summed E-state index contributed by atoms with van der Waals surface area (Å²) in [6.07, 6.45) is 2.88. The summed E-state index contributed by atoms with van der Waals surface area (Å²) in [7, 11) is 1.97. The van der Waals surface area contributed by atoms with Crippen molar-refractivity contribution in [3.8, 4) is 0 Å². The van der Waals surface area contributed by atoms with Gasteiger partial charge in [0.1, 0.15) is 5.82 Å². The number of aromatic nitrogens is 4. The number of thiazole rings is 1. The summed E-state index contributed by atoms with van der Waals surface area (Å²) in [6, 6.07) is 12.4. The summed E-state index contributed by atoms with van der Waals surface area (Å²) in [5.74, 6) is 1.80. The van der Waals surface area contributed by atoms with Gasteiger partial charge >= 0.3 is 0 Å². The predicted molar refractivity (Wildman–Crippen MR) is 127 cm³/mol. The first-order valence-corrected chi connectivity index (χ1v) is 13.0. The van der Waals surface area contributed by atoms with E-state index < -0.39 is 0 Å². The molecule has 1 aromatic carbocycles. The van der Waals surface area contributed by atoms with Crippen LogP contribution in [0.3, 0.4) is 0 Å². The van der Waals surface area contributed by atoms with E-state index in [4.69, 9.17) is 4.98 Å². The number of para-hydroxylation sites is 1. The Balaban J connectivity index is 1.20. The van der Waals surface area contributed by atoms with Crippen LogP contribution in [-0.2, 0) is 18.3 Å². The number of nitrogens with zero attached hydrogens (tertiary/aromatic N) is 5. The van der Waals surface area contributed by atoms with Crippen LogP contribution in [-0.4, -0.2) is 49.4 Å². The lowest BCUT2D eigenvalue weighted by atomic mass is 9.99. The second kappa shape index (κ2) is 9.10. The molecule has 1 saturated heterocycles. The molecule has 160 valence electrons. The third-order valence-corrected chi connectivity index (χ3v) is 8.68. The first-order valence-electron chi connectivity index (χ1n) is 10.3. The molecule has 0 saturated carbocycles. The average molecular weight is 470 g/mol. The second-order valence-corrected chi connectivity index (χ2v) is 10.7. The van der Waals surface area contributed by atoms with Gasteiger partial charge in [-0.25, -0.2) is 4.98 Å². The van der Waals surface area contributed by atoms with Crippen LogP contribution < -0.4 is 0 Å². The molecule has 1 aliphatic heterocycles. The number of rotatable bonds is 6. The van der Waals surface area contributed by atoms with Gasteiger partial charge in [0, 0.05) is 37.4 Å². The highest BCUT2D eigenvalue weighted by molar-refractivity contribution is 7.99. The van der Waals surface area contributed by atoms with Gasteiger partial charge in [-0.05, 0) is 36.4 Å². The maximum atomic E-state index is 12.9. The monoisotopic (exact) mass is 469 g/mol. The average Bonchev–Trinajstić information content (AvgIpc) is 3.54. The van der Waals surface area contributed by atoms with Crippen LogP contribution in [0, 0.1) is 0 Å². The smallest absolute Gasteiger partial charge is 0.233 e. The van der Waals surface area contributed by atoms with E-state index >= 15 is 0 Å². The summed E-state index contributed by atoms with van der Waals surface area (Å²) in [6.45, 7) is 1.57. The van der Waals surface area contributed by atoms with E-state index in [1.54, 1.807) is 22.7 Å². The third kappa shape index (κ3) is 4.53. The van der Waals surface area contributed by atoms with Crippen molar-refractivity contribution in [2.75, 3.05) is 18.8 Å². The second-order valence-electron chi connectivity index (χ2n) is 7.70. The minimum absolute atomic E-state index is 0.165. The molecule has 4 heterocycles. The highest BCUT2D eigenvalue weighted by Gasteiger charge is 2.27. The fourth-order valence-corrected chi connectivity index (χ4v) is 6.51. The molecule has 1 fully saturated rings. The zero-order valence-electron chi connectivity index (χ0n) is 17.2. The lowest BCUT2D eigenvalue weighted by Crippen LogP contribution is -2.40. The van der Waals surface area contributed by atoms with Crippen molar-refractivity contribution in [1.82, 2.24) is 24.6 Å². The van der Waals surface area contributed by atoms with E-state index in [9.17, 15) is 4.79 Å². The van der Waals surface area contributed by atoms with E-state index in [1.165, 1.54) is 21.3 Å². The number of hydrogen-bond donors (Lipinski definition) is 0. The largest absolute Gasteiger partial charge is 0.341 e. The number of amides is 1. The lowest BCUT2D eigenvalue weighted by Gasteiger charge is -2.31. The summed E-state index contributed by atoms with van der Waals surface area (Å²) in [4.78, 5) is 21.0. The van der Waals surface area contributed by atoms with Gasteiger partial charge < -0.3 is 9.47 Å². The van der Waals surface area contributed by atoms with Crippen LogP contribution >= 0.6 is 34.4 Å². The van der Waals surface area contributed by atoms with E-state index in [2.05, 4.69) is 39.8 Å². The first kappa shape index (κ1) is 20.7. The lowest BCUT2D eigenvalue weighted by molar-refractivity contribution is -0.129. The van der Waals surface area contributed by atoms with Crippen LogP contribution in [0.2, 0.25) is 0 Å². The molecular weight excluding hydrogens is 446 g/mol. The zero-order valence-corrected chi connectivity index (χ0v) is 19.7. The van der Waals surface area contributed by atoms with E-state index in [0.29, 0.717) is 11.7 Å². The van der Waals surface area contributed by atoms with Gasteiger partial charge in [-0.1, -0.05) is 30.0 Å². The molecule has 31 heavy (non-hydrogen) atoms. The highest BCUT2D eigenvalue weighted by atomic mass is 32.2. The molecule has 0 aliphatic carbocycles. The zero-order chi connectivity index (χ0) is 21.2. The van der Waals surface area contributed by atoms with Crippen molar-refractivity contribution in [2.45, 2.75) is 30.3 Å². The molecule has 4 aromatic rings. The normalized spacial score (nSPS) is 16.8. The Kier molecular flexibility index (Phi) is 6.06. The standard InChI is InChI=1S/C22H23N5OS3/c1-26-19(12-16-7-5-11-29-16)24-25-22(26)30-14-20(28)27-10-4-6-15(13-27)21-23-17-8-2-3-9-18(17)31-21/h2-3,5,7-9,11,15H,4,6,10,12-14H2,1H3/t15-/m0/s1. The molecule has 9 heteroatoms. The number of likely N-dealkylation sites (tertiary alicyclic amines) is 1. The summed E-state index contributed by atoms with van der Waals surface area (Å²) in [5.41, 5.74) is 1.06. The van der Waals surface area contributed by atoms with Crippen molar-refractivity contribution in [3.05, 3.63) is 57.5 Å². The molecule has 1 aliphatic rings. The summed E-state index contributed by atoms with van der Waals surface area (Å²) < 4.78 is 3.22. The Morgan fingerprint density at radius 2 is 2.13 bits per heavy atom. The van der Waals surface area contributed by atoms with Crippen LogP contribution in [0.5, 0.6) is 0 Å². The van der Waals surface area contributed by atoms with Crippen molar-refractivity contribution >= 4 is 50.6 Å². The number of piperidine rings is 1. The van der Waals surface area contributed by atoms with Crippen LogP contribution in [0.15, 0.2) is 46.9 Å². The topological polar surface area (TPSA) is 63.9 Å². The molecule has 1 amide bonds. The van der Waals surface area contributed by atoms with Gasteiger partial charge in [0.15, 0.2) is 5.16 Å². The molecule has 0 spiro atoms. The van der Waals surface area contributed by atoms with E-state index in [1.807, 2.05) is 28.6 Å². The minimum atomic E-state index is 0.165. The molecule has 1 atom stereocenters. The van der Waals surface area contributed by atoms with Gasteiger partial charge in [0.2, 0.25) is 5.91 Å². The van der Waals surface area contributed by atoms with E-state index in [0.717, 1.165) is 53.9 Å². The van der Waals surface area contributed by atoms with Gasteiger partial charge in [0.05, 0.1) is 21.0 Å². The molecule has 5 rings (SSSR count). The number of thioether (sulfide) groups is 1. The van der Waals surface area contributed by atoms with Gasteiger partial charge in [-0.15, -0.1) is 32.9 Å². The molecular formula is C22H23N5OS3. The fourth-order valence-electron chi connectivity index (χ4n) is 3.88. The van der Waals surface area contributed by atoms with Crippen molar-refractivity contribution in [1.29, 1.82) is 0 Å². The SMILES string of the molecule is Cn1c(Cc2cccs2)nnc1SCC(=O)N1CCC[C@H](c2nc3ccccc3s2)C1. The predicted octanol–water partition coefficient (Wildman–Crippen LogP) is 4.58. The molecule has 6 nitrogen and oxygen atoms in total. The van der Waals surface area contributed by atoms with E-state index in [-0.39, 0.29) is 5.91 Å². The van der Waals surface area contributed by atoms with Crippen molar-refractivity contribution in [3.63, 3.8) is 0 Å². The quantitative estimate of drug-likeness (QED) is 0.387. The number of thiophene rings is 1. The summed E-state index contributed by atoms with van der Waals surface area (Å²) in [5, 5.41) is 12.6. The number of hydrogen-bond acceptors (Lipinski definition) is 7. The highest BCUT2D eigenvalue weighted by Crippen LogP contribution is 2.33. The molecule has 0 radical (unpaired) electrons. The maximum Gasteiger partial charge on any atom is 0.233 e. The first-order chi connectivity index (χ1) is 15.2. The Hall–Kier alpha value is -2.23. The third-order valence-electron chi connectivity index (χ3n) is 5.60. The maximum absolute atomic E-state index is 12.9. The van der Waals surface area contributed by atoms with Gasteiger partial charge in [-0.2, -0.15) is 0 Å². The van der Waals surface area contributed by atoms with Gasteiger partial charge in [0.25, 0.3) is 0 Å². The number of carbonyl (C=O) groups is 1.